The van der Waals surface area contributed by atoms with Crippen molar-refractivity contribution in [3.63, 3.8) is 0 Å². The number of aliphatic imine (C=N–C) groups is 1. The highest BCUT2D eigenvalue weighted by Gasteiger charge is 1.97. The third kappa shape index (κ3) is 6.04. The zero-order valence-electron chi connectivity index (χ0n) is 11.8. The van der Waals surface area contributed by atoms with Crippen LogP contribution < -0.4 is 11.1 Å². The van der Waals surface area contributed by atoms with Crippen LogP contribution in [-0.2, 0) is 13.0 Å². The molecule has 0 radical (unpaired) electrons. The lowest BCUT2D eigenvalue weighted by Gasteiger charge is -2.06. The molecule has 0 atom stereocenters. The SMILES string of the molecule is CCc1ccc(NC(N)=NCCn2cc(Br)cn2)cc1.I. The number of nitrogens with zero attached hydrogens (tertiary/aromatic N) is 3. The van der Waals surface area contributed by atoms with Crippen molar-refractivity contribution in [2.75, 3.05) is 11.9 Å². The minimum atomic E-state index is 0. The van der Waals surface area contributed by atoms with E-state index < -0.39 is 0 Å². The van der Waals surface area contributed by atoms with Crippen LogP contribution in [0.4, 0.5) is 5.69 Å². The summed E-state index contributed by atoms with van der Waals surface area (Å²) in [7, 11) is 0. The van der Waals surface area contributed by atoms with E-state index in [1.54, 1.807) is 6.20 Å². The Morgan fingerprint density at radius 1 is 1.38 bits per heavy atom. The minimum Gasteiger partial charge on any atom is -0.370 e. The van der Waals surface area contributed by atoms with Gasteiger partial charge in [-0.2, -0.15) is 5.10 Å². The van der Waals surface area contributed by atoms with Gasteiger partial charge < -0.3 is 11.1 Å². The van der Waals surface area contributed by atoms with Crippen molar-refractivity contribution in [3.05, 3.63) is 46.7 Å². The first-order valence-electron chi connectivity index (χ1n) is 6.51. The van der Waals surface area contributed by atoms with Gasteiger partial charge in [-0.25, -0.2) is 0 Å². The molecule has 1 aromatic heterocycles. The Labute approximate surface area is 150 Å². The molecule has 7 heteroatoms. The summed E-state index contributed by atoms with van der Waals surface area (Å²) in [6.07, 6.45) is 4.69. The fraction of sp³-hybridized carbons (Fsp3) is 0.286. The van der Waals surface area contributed by atoms with Gasteiger partial charge in [0.1, 0.15) is 0 Å². The number of hydrogen-bond donors (Lipinski definition) is 2. The fourth-order valence-electron chi connectivity index (χ4n) is 1.74. The van der Waals surface area contributed by atoms with Gasteiger partial charge >= 0.3 is 0 Å². The first-order chi connectivity index (χ1) is 9.67. The molecule has 2 aromatic rings. The number of anilines is 1. The van der Waals surface area contributed by atoms with Crippen LogP contribution in [-0.4, -0.2) is 22.3 Å². The number of guanidine groups is 1. The predicted octanol–water partition coefficient (Wildman–Crippen LogP) is 3.25. The second kappa shape index (κ2) is 9.04. The summed E-state index contributed by atoms with van der Waals surface area (Å²) in [5, 5.41) is 7.23. The molecule has 0 saturated heterocycles. The molecule has 21 heavy (non-hydrogen) atoms. The average Bonchev–Trinajstić information content (AvgIpc) is 2.85. The molecular formula is C14H19BrIN5. The van der Waals surface area contributed by atoms with Crippen LogP contribution in [0, 0.1) is 0 Å². The Morgan fingerprint density at radius 3 is 2.67 bits per heavy atom. The van der Waals surface area contributed by atoms with E-state index in [4.69, 9.17) is 5.73 Å². The van der Waals surface area contributed by atoms with Gasteiger partial charge in [-0.1, -0.05) is 19.1 Å². The van der Waals surface area contributed by atoms with Crippen molar-refractivity contribution in [2.45, 2.75) is 19.9 Å². The minimum absolute atomic E-state index is 0. The maximum atomic E-state index is 5.85. The van der Waals surface area contributed by atoms with E-state index in [2.05, 4.69) is 50.4 Å². The zero-order valence-corrected chi connectivity index (χ0v) is 15.7. The summed E-state index contributed by atoms with van der Waals surface area (Å²) >= 11 is 3.35. The molecule has 3 N–H and O–H groups in total. The summed E-state index contributed by atoms with van der Waals surface area (Å²) in [6, 6.07) is 8.17. The normalized spacial score (nSPS) is 11.0. The molecule has 0 aliphatic heterocycles. The molecule has 1 heterocycles. The molecule has 0 aliphatic carbocycles. The van der Waals surface area contributed by atoms with E-state index in [-0.39, 0.29) is 24.0 Å². The molecular weight excluding hydrogens is 445 g/mol. The van der Waals surface area contributed by atoms with Gasteiger partial charge in [0.15, 0.2) is 5.96 Å². The molecule has 114 valence electrons. The van der Waals surface area contributed by atoms with Gasteiger partial charge in [0.2, 0.25) is 0 Å². The number of aromatic nitrogens is 2. The van der Waals surface area contributed by atoms with Crippen LogP contribution in [0.25, 0.3) is 0 Å². The summed E-state index contributed by atoms with van der Waals surface area (Å²) in [4.78, 5) is 4.27. The van der Waals surface area contributed by atoms with E-state index in [0.717, 1.165) is 16.6 Å². The smallest absolute Gasteiger partial charge is 0.193 e. The maximum absolute atomic E-state index is 5.85. The fourth-order valence-corrected chi connectivity index (χ4v) is 2.07. The Hall–Kier alpha value is -1.09. The Morgan fingerprint density at radius 2 is 2.10 bits per heavy atom. The van der Waals surface area contributed by atoms with Crippen molar-refractivity contribution in [1.82, 2.24) is 9.78 Å². The lowest BCUT2D eigenvalue weighted by molar-refractivity contribution is 0.625. The second-order valence-electron chi connectivity index (χ2n) is 4.36. The molecule has 2 rings (SSSR count). The number of nitrogens with one attached hydrogen (secondary N) is 1. The van der Waals surface area contributed by atoms with E-state index in [1.165, 1.54) is 5.56 Å². The summed E-state index contributed by atoms with van der Waals surface area (Å²) in [6.45, 7) is 3.41. The average molecular weight is 464 g/mol. The number of nitrogens with two attached hydrogens (primary N) is 1. The molecule has 0 unspecified atom stereocenters. The molecule has 0 spiro atoms. The van der Waals surface area contributed by atoms with Crippen LogP contribution in [0.15, 0.2) is 46.1 Å². The van der Waals surface area contributed by atoms with Gasteiger partial charge in [0, 0.05) is 11.9 Å². The lowest BCUT2D eigenvalue weighted by Crippen LogP contribution is -2.23. The topological polar surface area (TPSA) is 68.2 Å². The number of halogens is 2. The van der Waals surface area contributed by atoms with Crippen LogP contribution in [0.5, 0.6) is 0 Å². The van der Waals surface area contributed by atoms with Crippen molar-refractivity contribution < 1.29 is 0 Å². The molecule has 0 bridgehead atoms. The van der Waals surface area contributed by atoms with Gasteiger partial charge in [0.05, 0.1) is 23.8 Å². The van der Waals surface area contributed by atoms with Crippen molar-refractivity contribution >= 4 is 51.6 Å². The number of aryl methyl sites for hydroxylation is 1. The van der Waals surface area contributed by atoms with Crippen LogP contribution in [0.3, 0.4) is 0 Å². The largest absolute Gasteiger partial charge is 0.370 e. The molecule has 1 aromatic carbocycles. The highest BCUT2D eigenvalue weighted by Crippen LogP contribution is 2.09. The Balaban J connectivity index is 0.00000220. The maximum Gasteiger partial charge on any atom is 0.193 e. The quantitative estimate of drug-likeness (QED) is 0.406. The van der Waals surface area contributed by atoms with Gasteiger partial charge in [-0.3, -0.25) is 9.67 Å². The van der Waals surface area contributed by atoms with Crippen LogP contribution in [0.2, 0.25) is 0 Å². The summed E-state index contributed by atoms with van der Waals surface area (Å²) in [5.74, 6) is 0.417. The van der Waals surface area contributed by atoms with Crippen molar-refractivity contribution in [1.29, 1.82) is 0 Å². The van der Waals surface area contributed by atoms with E-state index in [9.17, 15) is 0 Å². The highest BCUT2D eigenvalue weighted by molar-refractivity contribution is 14.0. The lowest BCUT2D eigenvalue weighted by atomic mass is 10.1. The first kappa shape index (κ1) is 18.0. The van der Waals surface area contributed by atoms with E-state index in [1.807, 2.05) is 23.0 Å². The van der Waals surface area contributed by atoms with Crippen LogP contribution in [0.1, 0.15) is 12.5 Å². The van der Waals surface area contributed by atoms with Gasteiger partial charge in [-0.15, -0.1) is 24.0 Å². The van der Waals surface area contributed by atoms with Crippen molar-refractivity contribution in [2.24, 2.45) is 10.7 Å². The van der Waals surface area contributed by atoms with Crippen LogP contribution >= 0.6 is 39.9 Å². The van der Waals surface area contributed by atoms with Gasteiger partial charge in [0.25, 0.3) is 0 Å². The third-order valence-electron chi connectivity index (χ3n) is 2.85. The molecule has 0 fully saturated rings. The van der Waals surface area contributed by atoms with E-state index >= 15 is 0 Å². The predicted molar refractivity (Wildman–Crippen MR) is 101 cm³/mol. The Kier molecular flexibility index (Phi) is 7.73. The van der Waals surface area contributed by atoms with Gasteiger partial charge in [-0.05, 0) is 40.0 Å². The Bertz CT molecular complexity index is 579. The molecule has 0 amide bonds. The summed E-state index contributed by atoms with van der Waals surface area (Å²) < 4.78 is 2.78. The standard InChI is InChI=1S/C14H18BrN5.HI/c1-2-11-3-5-13(6-4-11)19-14(16)17-7-8-20-10-12(15)9-18-20;/h3-6,9-10H,2,7-8H2,1H3,(H3,16,17,19);1H. The monoisotopic (exact) mass is 463 g/mol. The molecule has 5 nitrogen and oxygen atoms in total. The number of hydrogen-bond acceptors (Lipinski definition) is 2. The first-order valence-corrected chi connectivity index (χ1v) is 7.30. The number of rotatable bonds is 5. The zero-order chi connectivity index (χ0) is 14.4. The van der Waals surface area contributed by atoms with Crippen molar-refractivity contribution in [3.8, 4) is 0 Å². The van der Waals surface area contributed by atoms with E-state index in [0.29, 0.717) is 19.0 Å². The second-order valence-corrected chi connectivity index (χ2v) is 5.28. The molecule has 0 aliphatic rings. The summed E-state index contributed by atoms with van der Waals surface area (Å²) in [5.41, 5.74) is 8.10. The highest BCUT2D eigenvalue weighted by atomic mass is 127. The number of benzene rings is 1. The third-order valence-corrected chi connectivity index (χ3v) is 3.26. The molecule has 0 saturated carbocycles.